The van der Waals surface area contributed by atoms with Gasteiger partial charge in [-0.3, -0.25) is 4.79 Å². The van der Waals surface area contributed by atoms with Crippen LogP contribution in [0.3, 0.4) is 0 Å². The molecule has 1 heterocycles. The van der Waals surface area contributed by atoms with Crippen LogP contribution in [-0.4, -0.2) is 15.7 Å². The van der Waals surface area contributed by atoms with Crippen molar-refractivity contribution < 1.29 is 18.3 Å². The maximum Gasteiger partial charge on any atom is 0.226 e. The van der Waals surface area contributed by atoms with E-state index in [0.29, 0.717) is 35.1 Å². The van der Waals surface area contributed by atoms with Crippen molar-refractivity contribution in [2.45, 2.75) is 26.7 Å². The SMILES string of the molecule is Cc1ccccc1Oc1c(CCC(=O)Nc2cccc(F)c2)c(C)nn1-c1ccc(F)cc1. The Hall–Kier alpha value is -4.00. The van der Waals surface area contributed by atoms with Crippen LogP contribution in [0.5, 0.6) is 11.6 Å². The van der Waals surface area contributed by atoms with Gasteiger partial charge in [0.05, 0.1) is 11.4 Å². The maximum absolute atomic E-state index is 13.5. The van der Waals surface area contributed by atoms with Gasteiger partial charge in [0.1, 0.15) is 17.4 Å². The monoisotopic (exact) mass is 447 g/mol. The molecule has 0 aliphatic rings. The predicted octanol–water partition coefficient (Wildman–Crippen LogP) is 6.13. The Morgan fingerprint density at radius 1 is 0.970 bits per heavy atom. The first-order chi connectivity index (χ1) is 15.9. The summed E-state index contributed by atoms with van der Waals surface area (Å²) in [6.45, 7) is 3.78. The topological polar surface area (TPSA) is 56.1 Å². The first-order valence-corrected chi connectivity index (χ1v) is 10.5. The molecule has 5 nitrogen and oxygen atoms in total. The number of para-hydroxylation sites is 1. The van der Waals surface area contributed by atoms with Gasteiger partial charge in [0.2, 0.25) is 11.8 Å². The summed E-state index contributed by atoms with van der Waals surface area (Å²) >= 11 is 0. The highest BCUT2D eigenvalue weighted by atomic mass is 19.1. The minimum absolute atomic E-state index is 0.149. The summed E-state index contributed by atoms with van der Waals surface area (Å²) in [5.41, 5.74) is 3.43. The number of anilines is 1. The molecule has 0 aliphatic carbocycles. The second-order valence-corrected chi connectivity index (χ2v) is 7.68. The lowest BCUT2D eigenvalue weighted by atomic mass is 10.1. The average molecular weight is 447 g/mol. The molecule has 0 bridgehead atoms. The summed E-state index contributed by atoms with van der Waals surface area (Å²) in [5, 5.41) is 7.30. The third kappa shape index (κ3) is 5.26. The van der Waals surface area contributed by atoms with Crippen LogP contribution < -0.4 is 10.1 Å². The number of carbonyl (C=O) groups excluding carboxylic acids is 1. The van der Waals surface area contributed by atoms with Crippen LogP contribution in [-0.2, 0) is 11.2 Å². The van der Waals surface area contributed by atoms with Crippen molar-refractivity contribution in [3.63, 3.8) is 0 Å². The third-order valence-electron chi connectivity index (χ3n) is 5.22. The molecule has 1 N–H and O–H groups in total. The van der Waals surface area contributed by atoms with Gasteiger partial charge >= 0.3 is 0 Å². The van der Waals surface area contributed by atoms with Gasteiger partial charge in [0.25, 0.3) is 0 Å². The van der Waals surface area contributed by atoms with Gasteiger partial charge in [-0.15, -0.1) is 0 Å². The van der Waals surface area contributed by atoms with Crippen LogP contribution >= 0.6 is 0 Å². The number of halogens is 2. The molecule has 7 heteroatoms. The van der Waals surface area contributed by atoms with Gasteiger partial charge in [-0.05, 0) is 74.4 Å². The highest BCUT2D eigenvalue weighted by Gasteiger charge is 2.20. The molecule has 0 radical (unpaired) electrons. The zero-order valence-electron chi connectivity index (χ0n) is 18.3. The van der Waals surface area contributed by atoms with E-state index in [-0.39, 0.29) is 18.1 Å². The van der Waals surface area contributed by atoms with Gasteiger partial charge in [0.15, 0.2) is 0 Å². The summed E-state index contributed by atoms with van der Waals surface area (Å²) in [5.74, 6) is 0.103. The molecule has 0 fully saturated rings. The van der Waals surface area contributed by atoms with Crippen molar-refractivity contribution in [2.24, 2.45) is 0 Å². The zero-order chi connectivity index (χ0) is 23.4. The van der Waals surface area contributed by atoms with Crippen molar-refractivity contribution >= 4 is 11.6 Å². The lowest BCUT2D eigenvalue weighted by molar-refractivity contribution is -0.116. The summed E-state index contributed by atoms with van der Waals surface area (Å²) < 4.78 is 34.8. The number of amides is 1. The van der Waals surface area contributed by atoms with Crippen LogP contribution in [0.2, 0.25) is 0 Å². The van der Waals surface area contributed by atoms with Crippen LogP contribution in [0, 0.1) is 25.5 Å². The van der Waals surface area contributed by atoms with Crippen LogP contribution in [0.1, 0.15) is 23.2 Å². The minimum Gasteiger partial charge on any atom is -0.438 e. The third-order valence-corrected chi connectivity index (χ3v) is 5.22. The summed E-state index contributed by atoms with van der Waals surface area (Å²) in [6, 6.07) is 19.3. The predicted molar refractivity (Wildman–Crippen MR) is 123 cm³/mol. The van der Waals surface area contributed by atoms with Crippen LogP contribution in [0.25, 0.3) is 5.69 Å². The molecule has 0 aliphatic heterocycles. The van der Waals surface area contributed by atoms with Crippen molar-refractivity contribution in [1.29, 1.82) is 0 Å². The Morgan fingerprint density at radius 2 is 1.73 bits per heavy atom. The van der Waals surface area contributed by atoms with Gasteiger partial charge in [-0.25, -0.2) is 13.5 Å². The highest BCUT2D eigenvalue weighted by Crippen LogP contribution is 2.33. The number of aromatic nitrogens is 2. The molecule has 3 aromatic carbocycles. The van der Waals surface area contributed by atoms with E-state index in [4.69, 9.17) is 4.74 Å². The second-order valence-electron chi connectivity index (χ2n) is 7.68. The molecule has 0 saturated carbocycles. The van der Waals surface area contributed by atoms with Gasteiger partial charge in [0, 0.05) is 17.7 Å². The number of nitrogens with zero attached hydrogens (tertiary/aromatic N) is 2. The molecule has 33 heavy (non-hydrogen) atoms. The van der Waals surface area contributed by atoms with Crippen LogP contribution in [0.15, 0.2) is 72.8 Å². The Morgan fingerprint density at radius 3 is 2.45 bits per heavy atom. The molecule has 0 atom stereocenters. The van der Waals surface area contributed by atoms with Crippen LogP contribution in [0.4, 0.5) is 14.5 Å². The zero-order valence-corrected chi connectivity index (χ0v) is 18.3. The van der Waals surface area contributed by atoms with E-state index in [9.17, 15) is 13.6 Å². The van der Waals surface area contributed by atoms with E-state index in [1.54, 1.807) is 22.9 Å². The number of benzene rings is 3. The summed E-state index contributed by atoms with van der Waals surface area (Å²) in [7, 11) is 0. The van der Waals surface area contributed by atoms with E-state index in [2.05, 4.69) is 10.4 Å². The smallest absolute Gasteiger partial charge is 0.226 e. The van der Waals surface area contributed by atoms with E-state index in [1.807, 2.05) is 38.1 Å². The summed E-state index contributed by atoms with van der Waals surface area (Å²) in [4.78, 5) is 12.5. The molecule has 168 valence electrons. The molecular weight excluding hydrogens is 424 g/mol. The molecule has 0 spiro atoms. The normalized spacial score (nSPS) is 10.8. The van der Waals surface area contributed by atoms with E-state index in [0.717, 1.165) is 11.1 Å². The Labute approximate surface area is 190 Å². The fraction of sp³-hybridized carbons (Fsp3) is 0.154. The molecule has 4 aromatic rings. The molecule has 1 amide bonds. The van der Waals surface area contributed by atoms with E-state index in [1.165, 1.54) is 30.3 Å². The molecule has 0 saturated heterocycles. The number of rotatable bonds is 7. The van der Waals surface area contributed by atoms with Crippen molar-refractivity contribution in [2.75, 3.05) is 5.32 Å². The highest BCUT2D eigenvalue weighted by molar-refractivity contribution is 5.90. The number of hydrogen-bond acceptors (Lipinski definition) is 3. The van der Waals surface area contributed by atoms with E-state index >= 15 is 0 Å². The lowest BCUT2D eigenvalue weighted by Crippen LogP contribution is -2.12. The first kappa shape index (κ1) is 22.2. The molecule has 0 unspecified atom stereocenters. The Kier molecular flexibility index (Phi) is 6.49. The van der Waals surface area contributed by atoms with Crippen molar-refractivity contribution in [3.8, 4) is 17.3 Å². The fourth-order valence-corrected chi connectivity index (χ4v) is 3.49. The van der Waals surface area contributed by atoms with Gasteiger partial charge < -0.3 is 10.1 Å². The average Bonchev–Trinajstić information content (AvgIpc) is 3.09. The summed E-state index contributed by atoms with van der Waals surface area (Å²) in [6.07, 6.45) is 0.506. The number of aryl methyl sites for hydroxylation is 2. The molecule has 1 aromatic heterocycles. The Bertz CT molecular complexity index is 1280. The van der Waals surface area contributed by atoms with Crippen molar-refractivity contribution in [3.05, 3.63) is 101 Å². The number of hydrogen-bond donors (Lipinski definition) is 1. The fourth-order valence-electron chi connectivity index (χ4n) is 3.49. The standard InChI is InChI=1S/C26H23F2N3O2/c1-17-6-3-4-9-24(17)33-26-23(14-15-25(32)29-21-8-5-7-20(28)16-21)18(2)30-31(26)22-12-10-19(27)11-13-22/h3-13,16H,14-15H2,1-2H3,(H,29,32). The molecular formula is C26H23F2N3O2. The number of carbonyl (C=O) groups is 1. The van der Waals surface area contributed by atoms with Gasteiger partial charge in [-0.1, -0.05) is 24.3 Å². The number of nitrogens with one attached hydrogen (secondary N) is 1. The van der Waals surface area contributed by atoms with Gasteiger partial charge in [-0.2, -0.15) is 5.10 Å². The molecule has 4 rings (SSSR count). The first-order valence-electron chi connectivity index (χ1n) is 10.5. The van der Waals surface area contributed by atoms with E-state index < -0.39 is 5.82 Å². The second kappa shape index (κ2) is 9.65. The lowest BCUT2D eigenvalue weighted by Gasteiger charge is -2.13. The maximum atomic E-state index is 13.5. The minimum atomic E-state index is -0.418. The van der Waals surface area contributed by atoms with Crippen molar-refractivity contribution in [1.82, 2.24) is 9.78 Å². The number of ether oxygens (including phenoxy) is 1. The largest absolute Gasteiger partial charge is 0.438 e. The Balaban J connectivity index is 1.63. The quantitative estimate of drug-likeness (QED) is 0.371.